The standard InChI is InChI=1S/C17H26N4O4/c1-12(2)21-10-17(11-24-8-15(21)22)9-20(5-6-25-17)16(23)14-7-19(4)18-13(14)3/h7,12H,5-6,8-11H2,1-4H3. The van der Waals surface area contributed by atoms with E-state index in [0.717, 1.165) is 0 Å². The lowest BCUT2D eigenvalue weighted by Crippen LogP contribution is -2.60. The molecule has 1 aromatic heterocycles. The smallest absolute Gasteiger partial charge is 0.257 e. The van der Waals surface area contributed by atoms with E-state index >= 15 is 0 Å². The molecule has 3 heterocycles. The van der Waals surface area contributed by atoms with Gasteiger partial charge in [0.15, 0.2) is 0 Å². The molecule has 2 aliphatic rings. The largest absolute Gasteiger partial charge is 0.368 e. The highest BCUT2D eigenvalue weighted by Crippen LogP contribution is 2.25. The van der Waals surface area contributed by atoms with Gasteiger partial charge in [0, 0.05) is 25.8 Å². The van der Waals surface area contributed by atoms with Gasteiger partial charge in [-0.3, -0.25) is 14.3 Å². The molecule has 1 unspecified atom stereocenters. The van der Waals surface area contributed by atoms with E-state index in [9.17, 15) is 9.59 Å². The zero-order chi connectivity index (χ0) is 18.2. The van der Waals surface area contributed by atoms with Gasteiger partial charge in [-0.05, 0) is 20.8 Å². The van der Waals surface area contributed by atoms with Crippen molar-refractivity contribution in [3.63, 3.8) is 0 Å². The van der Waals surface area contributed by atoms with Crippen LogP contribution in [0.4, 0.5) is 0 Å². The number of rotatable bonds is 2. The number of morpholine rings is 1. The third-order valence-electron chi connectivity index (χ3n) is 4.77. The lowest BCUT2D eigenvalue weighted by Gasteiger charge is -2.43. The Labute approximate surface area is 147 Å². The minimum atomic E-state index is -0.680. The van der Waals surface area contributed by atoms with Crippen LogP contribution in [0.3, 0.4) is 0 Å². The maximum Gasteiger partial charge on any atom is 0.257 e. The first kappa shape index (κ1) is 17.9. The van der Waals surface area contributed by atoms with Crippen LogP contribution in [0.15, 0.2) is 6.20 Å². The van der Waals surface area contributed by atoms with Crippen molar-refractivity contribution < 1.29 is 19.1 Å². The van der Waals surface area contributed by atoms with Gasteiger partial charge < -0.3 is 19.3 Å². The van der Waals surface area contributed by atoms with Gasteiger partial charge in [-0.1, -0.05) is 0 Å². The molecule has 1 aromatic rings. The Hall–Kier alpha value is -1.93. The lowest BCUT2D eigenvalue weighted by molar-refractivity contribution is -0.140. The molecular formula is C17H26N4O4. The minimum absolute atomic E-state index is 0.0398. The van der Waals surface area contributed by atoms with E-state index in [4.69, 9.17) is 9.47 Å². The highest BCUT2D eigenvalue weighted by molar-refractivity contribution is 5.95. The van der Waals surface area contributed by atoms with E-state index < -0.39 is 5.60 Å². The summed E-state index contributed by atoms with van der Waals surface area (Å²) in [6.45, 7) is 7.91. The SMILES string of the molecule is Cc1nn(C)cc1C(=O)N1CCOC2(COCC(=O)N(C(C)C)C2)C1. The van der Waals surface area contributed by atoms with Crippen molar-refractivity contribution in [2.45, 2.75) is 32.4 Å². The zero-order valence-electron chi connectivity index (χ0n) is 15.3. The number of carbonyl (C=O) groups is 2. The van der Waals surface area contributed by atoms with Crippen molar-refractivity contribution in [1.29, 1.82) is 0 Å². The molecule has 0 aliphatic carbocycles. The number of aromatic nitrogens is 2. The second-order valence-corrected chi connectivity index (χ2v) is 7.17. The Morgan fingerprint density at radius 2 is 2.12 bits per heavy atom. The highest BCUT2D eigenvalue weighted by atomic mass is 16.5. The molecule has 138 valence electrons. The van der Waals surface area contributed by atoms with Crippen LogP contribution in [-0.2, 0) is 21.3 Å². The monoisotopic (exact) mass is 350 g/mol. The third-order valence-corrected chi connectivity index (χ3v) is 4.77. The molecule has 2 aliphatic heterocycles. The molecule has 2 amide bonds. The number of hydrogen-bond donors (Lipinski definition) is 0. The molecule has 8 heteroatoms. The molecule has 0 bridgehead atoms. The molecule has 0 aromatic carbocycles. The van der Waals surface area contributed by atoms with Gasteiger partial charge in [-0.25, -0.2) is 0 Å². The summed E-state index contributed by atoms with van der Waals surface area (Å²) in [5, 5.41) is 4.25. The average Bonchev–Trinajstić information content (AvgIpc) is 2.81. The van der Waals surface area contributed by atoms with Crippen LogP contribution in [0.1, 0.15) is 29.9 Å². The van der Waals surface area contributed by atoms with Crippen molar-refractivity contribution in [3.05, 3.63) is 17.5 Å². The van der Waals surface area contributed by atoms with Gasteiger partial charge in [0.1, 0.15) is 12.2 Å². The predicted octanol–water partition coefficient (Wildman–Crippen LogP) is 0.207. The van der Waals surface area contributed by atoms with Crippen molar-refractivity contribution in [3.8, 4) is 0 Å². The quantitative estimate of drug-likeness (QED) is 0.762. The summed E-state index contributed by atoms with van der Waals surface area (Å²) in [7, 11) is 1.80. The normalized spacial score (nSPS) is 24.9. The zero-order valence-corrected chi connectivity index (χ0v) is 15.3. The molecular weight excluding hydrogens is 324 g/mol. The van der Waals surface area contributed by atoms with Gasteiger partial charge in [0.25, 0.3) is 5.91 Å². The van der Waals surface area contributed by atoms with Gasteiger partial charge in [0.05, 0.1) is 37.6 Å². The number of amides is 2. The van der Waals surface area contributed by atoms with Crippen LogP contribution in [0.5, 0.6) is 0 Å². The van der Waals surface area contributed by atoms with Crippen LogP contribution in [0.25, 0.3) is 0 Å². The fraction of sp³-hybridized carbons (Fsp3) is 0.706. The van der Waals surface area contributed by atoms with Crippen molar-refractivity contribution in [2.24, 2.45) is 7.05 Å². The van der Waals surface area contributed by atoms with Gasteiger partial charge in [0.2, 0.25) is 5.91 Å². The van der Waals surface area contributed by atoms with E-state index in [2.05, 4.69) is 5.10 Å². The Morgan fingerprint density at radius 1 is 1.36 bits per heavy atom. The molecule has 1 atom stereocenters. The molecule has 0 N–H and O–H groups in total. The molecule has 8 nitrogen and oxygen atoms in total. The van der Waals surface area contributed by atoms with E-state index in [-0.39, 0.29) is 24.5 Å². The third kappa shape index (κ3) is 3.55. The molecule has 3 rings (SSSR count). The van der Waals surface area contributed by atoms with Crippen LogP contribution in [0.2, 0.25) is 0 Å². The van der Waals surface area contributed by atoms with E-state index in [0.29, 0.717) is 44.1 Å². The van der Waals surface area contributed by atoms with E-state index in [1.165, 1.54) is 0 Å². The molecule has 25 heavy (non-hydrogen) atoms. The van der Waals surface area contributed by atoms with Crippen LogP contribution >= 0.6 is 0 Å². The maximum absolute atomic E-state index is 12.9. The summed E-state index contributed by atoms with van der Waals surface area (Å²) in [4.78, 5) is 28.7. The van der Waals surface area contributed by atoms with E-state index in [1.54, 1.807) is 27.7 Å². The molecule has 2 fully saturated rings. The predicted molar refractivity (Wildman–Crippen MR) is 90.2 cm³/mol. The summed E-state index contributed by atoms with van der Waals surface area (Å²) in [5.41, 5.74) is 0.635. The van der Waals surface area contributed by atoms with Gasteiger partial charge in [-0.15, -0.1) is 0 Å². The number of hydrogen-bond acceptors (Lipinski definition) is 5. The summed E-state index contributed by atoms with van der Waals surface area (Å²) in [5.74, 6) is -0.0954. The maximum atomic E-state index is 12.9. The fourth-order valence-corrected chi connectivity index (χ4v) is 3.50. The topological polar surface area (TPSA) is 76.9 Å². The summed E-state index contributed by atoms with van der Waals surface area (Å²) in [6, 6.07) is 0.0568. The van der Waals surface area contributed by atoms with Gasteiger partial charge >= 0.3 is 0 Å². The van der Waals surface area contributed by atoms with Crippen molar-refractivity contribution in [1.82, 2.24) is 19.6 Å². The van der Waals surface area contributed by atoms with Crippen molar-refractivity contribution in [2.75, 3.05) is 39.5 Å². The first-order valence-electron chi connectivity index (χ1n) is 8.62. The van der Waals surface area contributed by atoms with Crippen molar-refractivity contribution >= 4 is 11.8 Å². The second kappa shape index (κ2) is 6.76. The molecule has 0 saturated carbocycles. The lowest BCUT2D eigenvalue weighted by atomic mass is 10.0. The molecule has 0 radical (unpaired) electrons. The summed E-state index contributed by atoms with van der Waals surface area (Å²) in [6.07, 6.45) is 1.74. The van der Waals surface area contributed by atoms with Crippen LogP contribution < -0.4 is 0 Å². The van der Waals surface area contributed by atoms with E-state index in [1.807, 2.05) is 20.8 Å². The first-order chi connectivity index (χ1) is 11.8. The first-order valence-corrected chi connectivity index (χ1v) is 8.62. The minimum Gasteiger partial charge on any atom is -0.368 e. The Bertz CT molecular complexity index is 672. The Kier molecular flexibility index (Phi) is 4.83. The molecule has 1 spiro atoms. The Morgan fingerprint density at radius 3 is 2.76 bits per heavy atom. The fourth-order valence-electron chi connectivity index (χ4n) is 3.50. The number of aryl methyl sites for hydroxylation is 2. The number of nitrogens with zero attached hydrogens (tertiary/aromatic N) is 4. The van der Waals surface area contributed by atoms with Gasteiger partial charge in [-0.2, -0.15) is 5.10 Å². The summed E-state index contributed by atoms with van der Waals surface area (Å²) < 4.78 is 13.3. The number of ether oxygens (including phenoxy) is 2. The Balaban J connectivity index is 1.81. The number of carbonyl (C=O) groups excluding carboxylic acids is 2. The van der Waals surface area contributed by atoms with Crippen LogP contribution in [0, 0.1) is 6.92 Å². The highest BCUT2D eigenvalue weighted by Gasteiger charge is 2.44. The average molecular weight is 350 g/mol. The molecule has 2 saturated heterocycles. The van der Waals surface area contributed by atoms with Crippen LogP contribution in [-0.4, -0.2) is 82.5 Å². The second-order valence-electron chi connectivity index (χ2n) is 7.17. The summed E-state index contributed by atoms with van der Waals surface area (Å²) >= 11 is 0.